The molecule has 0 nitrogen and oxygen atoms in total. The Morgan fingerprint density at radius 3 is 0.667 bits per heavy atom. The van der Waals surface area contributed by atoms with Crippen molar-refractivity contribution >= 4 is 50.9 Å². The summed E-state index contributed by atoms with van der Waals surface area (Å²) in [6, 6.07) is 0. The predicted molar refractivity (Wildman–Crippen MR) is 42.3 cm³/mol. The van der Waals surface area contributed by atoms with Crippen molar-refractivity contribution < 1.29 is 26.2 Å². The van der Waals surface area contributed by atoms with Gasteiger partial charge in [-0.15, -0.1) is 50.9 Å². The van der Waals surface area contributed by atoms with Gasteiger partial charge in [-0.2, -0.15) is 0 Å². The number of hydrogen-bond donors (Lipinski definition) is 0. The molecule has 0 rings (SSSR count). The quantitative estimate of drug-likeness (QED) is 0.620. The molecule has 42 valence electrons. The molecule has 0 aliphatic carbocycles. The maximum atomic E-state index is 2.00. The Balaban J connectivity index is -0.000000000833. The van der Waals surface area contributed by atoms with Gasteiger partial charge in [-0.25, -0.2) is 0 Å². The van der Waals surface area contributed by atoms with E-state index in [1.165, 1.54) is 0 Å². The second kappa shape index (κ2) is 54.3. The van der Waals surface area contributed by atoms with E-state index in [9.17, 15) is 0 Å². The molecule has 0 fully saturated rings. The van der Waals surface area contributed by atoms with Gasteiger partial charge < -0.3 is 0 Å². The van der Waals surface area contributed by atoms with Crippen LogP contribution in [-0.4, -0.2) is 0 Å². The average molecular weight is 364 g/mol. The van der Waals surface area contributed by atoms with Crippen molar-refractivity contribution in [3.63, 3.8) is 0 Å². The number of hydrogen-bond acceptors (Lipinski definition) is 0. The Bertz CT molecular complexity index is 8.75. The van der Waals surface area contributed by atoms with Gasteiger partial charge in [0.2, 0.25) is 0 Å². The molecule has 0 aliphatic rings. The molecule has 0 radical (unpaired) electrons. The Morgan fingerprint density at radius 2 is 0.667 bits per heavy atom. The zero-order valence-electron chi connectivity index (χ0n) is 3.72. The average Bonchev–Trinajstić information content (AvgIpc) is 1.00. The van der Waals surface area contributed by atoms with Gasteiger partial charge >= 0.3 is 0 Å². The minimum Gasteiger partial charge on any atom is -0.114 e. The van der Waals surface area contributed by atoms with Crippen molar-refractivity contribution in [2.45, 2.75) is 13.8 Å². The Labute approximate surface area is 89.9 Å². The van der Waals surface area contributed by atoms with Crippen LogP contribution in [0.5, 0.6) is 0 Å². The van der Waals surface area contributed by atoms with E-state index in [4.69, 9.17) is 0 Å². The van der Waals surface area contributed by atoms with Crippen LogP contribution in [0.1, 0.15) is 13.8 Å². The normalized spacial score (nSPS) is 1.00. The number of rotatable bonds is 0. The maximum absolute atomic E-state index is 2.00. The molecule has 4 heteroatoms. The summed E-state index contributed by atoms with van der Waals surface area (Å²) < 4.78 is 0. The summed E-state index contributed by atoms with van der Waals surface area (Å²) in [5.74, 6) is 0. The van der Waals surface area contributed by atoms with E-state index in [1.807, 2.05) is 13.8 Å². The van der Waals surface area contributed by atoms with Gasteiger partial charge in [0.05, 0.1) is 0 Å². The second-order valence-corrected chi connectivity index (χ2v) is 0. The van der Waals surface area contributed by atoms with Gasteiger partial charge in [-0.3, -0.25) is 0 Å². The molecule has 0 saturated carbocycles. The molecule has 0 aromatic heterocycles. The molecule has 0 aromatic rings. The number of halogens is 3. The van der Waals surface area contributed by atoms with Crippen LogP contribution in [0.4, 0.5) is 0 Å². The van der Waals surface area contributed by atoms with Crippen LogP contribution in [0.15, 0.2) is 0 Å². The van der Waals surface area contributed by atoms with E-state index in [-0.39, 0.29) is 77.1 Å². The molecule has 0 amide bonds. The fourth-order valence-electron chi connectivity index (χ4n) is 0. The largest absolute Gasteiger partial charge is 0.114 e. The molecule has 0 spiro atoms. The van der Waals surface area contributed by atoms with Gasteiger partial charge in [0.15, 0.2) is 0 Å². The molecule has 0 bridgehead atoms. The van der Waals surface area contributed by atoms with Crippen molar-refractivity contribution in [3.05, 3.63) is 0 Å². The van der Waals surface area contributed by atoms with Crippen LogP contribution in [0.3, 0.4) is 0 Å². The SMILES string of the molecule is Br.Br.Br.CC.[Zr]. The summed E-state index contributed by atoms with van der Waals surface area (Å²) >= 11 is 0. The zero-order chi connectivity index (χ0) is 2.00. The molecule has 0 aliphatic heterocycles. The topological polar surface area (TPSA) is 0 Å². The molecule has 6 heavy (non-hydrogen) atoms. The molecule has 0 aromatic carbocycles. The molecule has 0 heterocycles. The van der Waals surface area contributed by atoms with Crippen molar-refractivity contribution in [3.8, 4) is 0 Å². The van der Waals surface area contributed by atoms with Crippen LogP contribution in [0.2, 0.25) is 0 Å². The Morgan fingerprint density at radius 1 is 0.667 bits per heavy atom. The van der Waals surface area contributed by atoms with Crippen molar-refractivity contribution in [1.29, 1.82) is 0 Å². The smallest absolute Gasteiger partial charge is 0 e. The molecular weight excluding hydrogens is 355 g/mol. The molecule has 0 atom stereocenters. The predicted octanol–water partition coefficient (Wildman–Crippen LogP) is 2.76. The van der Waals surface area contributed by atoms with Crippen LogP contribution < -0.4 is 0 Å². The first-order chi connectivity index (χ1) is 1.00. The summed E-state index contributed by atoms with van der Waals surface area (Å²) in [7, 11) is 0. The van der Waals surface area contributed by atoms with E-state index >= 15 is 0 Å². The van der Waals surface area contributed by atoms with E-state index in [1.54, 1.807) is 0 Å². The zero-order valence-corrected chi connectivity index (χ0v) is 11.3. The standard InChI is InChI=1S/C2H6.3BrH.Zr/c1-2;;;;/h1-2H3;3*1H;. The monoisotopic (exact) mass is 360 g/mol. The third-order valence-electron chi connectivity index (χ3n) is 0. The van der Waals surface area contributed by atoms with Gasteiger partial charge in [-0.05, 0) is 0 Å². The summed E-state index contributed by atoms with van der Waals surface area (Å²) in [6.45, 7) is 4.00. The molecular formula is C2H9Br3Zr. The third-order valence-corrected chi connectivity index (χ3v) is 0. The summed E-state index contributed by atoms with van der Waals surface area (Å²) in [5, 5.41) is 0. The molecule has 0 N–H and O–H groups in total. The van der Waals surface area contributed by atoms with Crippen molar-refractivity contribution in [1.82, 2.24) is 0 Å². The summed E-state index contributed by atoms with van der Waals surface area (Å²) in [6.07, 6.45) is 0. The van der Waals surface area contributed by atoms with Gasteiger partial charge in [-0.1, -0.05) is 13.8 Å². The van der Waals surface area contributed by atoms with Crippen molar-refractivity contribution in [2.24, 2.45) is 0 Å². The van der Waals surface area contributed by atoms with Gasteiger partial charge in [0.1, 0.15) is 0 Å². The van der Waals surface area contributed by atoms with Gasteiger partial charge in [0, 0.05) is 26.2 Å². The van der Waals surface area contributed by atoms with Crippen LogP contribution in [0, 0.1) is 0 Å². The summed E-state index contributed by atoms with van der Waals surface area (Å²) in [4.78, 5) is 0. The fraction of sp³-hybridized carbons (Fsp3) is 1.00. The van der Waals surface area contributed by atoms with E-state index in [0.29, 0.717) is 0 Å². The van der Waals surface area contributed by atoms with Crippen LogP contribution in [0.25, 0.3) is 0 Å². The second-order valence-electron chi connectivity index (χ2n) is 0. The first-order valence-corrected chi connectivity index (χ1v) is 1.00. The maximum Gasteiger partial charge on any atom is 0 e. The first kappa shape index (κ1) is 40.4. The Kier molecular flexibility index (Phi) is 365. The van der Waals surface area contributed by atoms with Crippen LogP contribution in [-0.2, 0) is 26.2 Å². The van der Waals surface area contributed by atoms with E-state index in [2.05, 4.69) is 0 Å². The van der Waals surface area contributed by atoms with Crippen molar-refractivity contribution in [2.75, 3.05) is 0 Å². The van der Waals surface area contributed by atoms with E-state index in [0.717, 1.165) is 0 Å². The Hall–Kier alpha value is 2.32. The van der Waals surface area contributed by atoms with E-state index < -0.39 is 0 Å². The minimum absolute atomic E-state index is 0. The van der Waals surface area contributed by atoms with Crippen LogP contribution >= 0.6 is 50.9 Å². The van der Waals surface area contributed by atoms with Gasteiger partial charge in [0.25, 0.3) is 0 Å². The minimum atomic E-state index is 0. The molecule has 0 unspecified atom stereocenters. The third kappa shape index (κ3) is 33.2. The summed E-state index contributed by atoms with van der Waals surface area (Å²) in [5.41, 5.74) is 0. The first-order valence-electron chi connectivity index (χ1n) is 1.00. The molecule has 0 saturated heterocycles. The fourth-order valence-corrected chi connectivity index (χ4v) is 0.